The molecule has 0 aliphatic carbocycles. The molecule has 5 heteroatoms. The van der Waals surface area contributed by atoms with Crippen LogP contribution in [0.3, 0.4) is 0 Å². The molecule has 0 fully saturated rings. The summed E-state index contributed by atoms with van der Waals surface area (Å²) in [6.45, 7) is 1.85. The fraction of sp³-hybridized carbons (Fsp3) is 0.150. The van der Waals surface area contributed by atoms with Gasteiger partial charge in [0.05, 0.1) is 12.2 Å². The second kappa shape index (κ2) is 7.21. The van der Waals surface area contributed by atoms with Crippen LogP contribution in [0.25, 0.3) is 11.3 Å². The molecule has 3 aromatic rings. The standard InChI is InChI=1S/C20H17FN2O2/c1-14(24)11-15-3-2-4-16(12-15)13-23-20(25)10-9-19(22-23)17-5-7-18(21)8-6-17/h2-10,12H,11,13H2,1H3. The molecule has 25 heavy (non-hydrogen) atoms. The lowest BCUT2D eigenvalue weighted by molar-refractivity contribution is -0.116. The van der Waals surface area contributed by atoms with Crippen molar-refractivity contribution in [3.8, 4) is 11.3 Å². The first-order chi connectivity index (χ1) is 12.0. The number of hydrogen-bond acceptors (Lipinski definition) is 3. The van der Waals surface area contributed by atoms with E-state index in [-0.39, 0.29) is 17.2 Å². The first-order valence-corrected chi connectivity index (χ1v) is 7.92. The number of rotatable bonds is 5. The van der Waals surface area contributed by atoms with Crippen LogP contribution in [0, 0.1) is 5.82 Å². The molecule has 0 atom stereocenters. The summed E-state index contributed by atoms with van der Waals surface area (Å²) in [4.78, 5) is 23.4. The largest absolute Gasteiger partial charge is 0.300 e. The molecule has 0 unspecified atom stereocenters. The van der Waals surface area contributed by atoms with Crippen molar-refractivity contribution in [2.45, 2.75) is 19.9 Å². The summed E-state index contributed by atoms with van der Waals surface area (Å²) in [5, 5.41) is 4.37. The van der Waals surface area contributed by atoms with Crippen LogP contribution in [0.1, 0.15) is 18.1 Å². The maximum Gasteiger partial charge on any atom is 0.267 e. The number of carbonyl (C=O) groups is 1. The molecule has 0 saturated heterocycles. The summed E-state index contributed by atoms with van der Waals surface area (Å²) < 4.78 is 14.4. The minimum absolute atomic E-state index is 0.0887. The van der Waals surface area contributed by atoms with Gasteiger partial charge in [0.25, 0.3) is 5.56 Å². The molecule has 1 aromatic heterocycles. The second-order valence-electron chi connectivity index (χ2n) is 5.92. The second-order valence-corrected chi connectivity index (χ2v) is 5.92. The van der Waals surface area contributed by atoms with E-state index in [2.05, 4.69) is 5.10 Å². The monoisotopic (exact) mass is 336 g/mol. The minimum atomic E-state index is -0.320. The molecule has 0 amide bonds. The maximum atomic E-state index is 13.1. The van der Waals surface area contributed by atoms with Crippen molar-refractivity contribution in [3.63, 3.8) is 0 Å². The molecule has 0 saturated carbocycles. The van der Waals surface area contributed by atoms with Crippen LogP contribution >= 0.6 is 0 Å². The van der Waals surface area contributed by atoms with Gasteiger partial charge in [-0.25, -0.2) is 9.07 Å². The van der Waals surface area contributed by atoms with Crippen molar-refractivity contribution in [1.82, 2.24) is 9.78 Å². The molecular formula is C20H17FN2O2. The van der Waals surface area contributed by atoms with Crippen LogP contribution in [0.15, 0.2) is 65.5 Å². The number of carbonyl (C=O) groups excluding carboxylic acids is 1. The highest BCUT2D eigenvalue weighted by Crippen LogP contribution is 2.16. The summed E-state index contributed by atoms with van der Waals surface area (Å²) >= 11 is 0. The average Bonchev–Trinajstić information content (AvgIpc) is 2.57. The zero-order valence-electron chi connectivity index (χ0n) is 13.8. The van der Waals surface area contributed by atoms with Gasteiger partial charge in [-0.2, -0.15) is 5.10 Å². The number of benzene rings is 2. The summed E-state index contributed by atoms with van der Waals surface area (Å²) in [6.07, 6.45) is 0.367. The number of halogens is 1. The normalized spacial score (nSPS) is 10.6. The lowest BCUT2D eigenvalue weighted by atomic mass is 10.1. The highest BCUT2D eigenvalue weighted by molar-refractivity contribution is 5.78. The number of aromatic nitrogens is 2. The van der Waals surface area contributed by atoms with E-state index in [0.717, 1.165) is 16.7 Å². The molecular weight excluding hydrogens is 319 g/mol. The van der Waals surface area contributed by atoms with Gasteiger partial charge in [-0.05, 0) is 48.4 Å². The van der Waals surface area contributed by atoms with Crippen LogP contribution in [-0.2, 0) is 17.8 Å². The molecule has 3 rings (SSSR count). The summed E-state index contributed by atoms with van der Waals surface area (Å²) in [5.74, 6) is -0.231. The van der Waals surface area contributed by atoms with Gasteiger partial charge in [-0.1, -0.05) is 24.3 Å². The molecule has 0 aliphatic rings. The van der Waals surface area contributed by atoms with Crippen LogP contribution in [0.2, 0.25) is 0 Å². The van der Waals surface area contributed by atoms with E-state index in [1.807, 2.05) is 24.3 Å². The molecule has 0 spiro atoms. The van der Waals surface area contributed by atoms with Gasteiger partial charge in [-0.15, -0.1) is 0 Å². The van der Waals surface area contributed by atoms with Crippen molar-refractivity contribution in [2.24, 2.45) is 0 Å². The number of ketones is 1. The average molecular weight is 336 g/mol. The fourth-order valence-corrected chi connectivity index (χ4v) is 2.64. The van der Waals surface area contributed by atoms with Crippen LogP contribution in [-0.4, -0.2) is 15.6 Å². The van der Waals surface area contributed by atoms with E-state index in [1.165, 1.54) is 22.9 Å². The zero-order chi connectivity index (χ0) is 17.8. The Morgan fingerprint density at radius 1 is 1.04 bits per heavy atom. The van der Waals surface area contributed by atoms with E-state index in [9.17, 15) is 14.0 Å². The van der Waals surface area contributed by atoms with Gasteiger partial charge >= 0.3 is 0 Å². The van der Waals surface area contributed by atoms with Gasteiger partial charge < -0.3 is 0 Å². The van der Waals surface area contributed by atoms with E-state index >= 15 is 0 Å². The van der Waals surface area contributed by atoms with Gasteiger partial charge in [0.2, 0.25) is 0 Å². The van der Waals surface area contributed by atoms with Crippen LogP contribution < -0.4 is 5.56 Å². The van der Waals surface area contributed by atoms with Gasteiger partial charge in [0.15, 0.2) is 0 Å². The number of hydrogen-bond donors (Lipinski definition) is 0. The van der Waals surface area contributed by atoms with Crippen molar-refractivity contribution >= 4 is 5.78 Å². The Morgan fingerprint density at radius 3 is 2.48 bits per heavy atom. The fourth-order valence-electron chi connectivity index (χ4n) is 2.64. The highest BCUT2D eigenvalue weighted by atomic mass is 19.1. The number of Topliss-reactive ketones (excluding diaryl/α,β-unsaturated/α-hetero) is 1. The molecule has 0 bridgehead atoms. The van der Waals surface area contributed by atoms with Gasteiger partial charge in [0.1, 0.15) is 11.6 Å². The van der Waals surface area contributed by atoms with E-state index in [0.29, 0.717) is 18.7 Å². The Hall–Kier alpha value is -3.08. The first-order valence-electron chi connectivity index (χ1n) is 7.92. The SMILES string of the molecule is CC(=O)Cc1cccc(Cn2nc(-c3ccc(F)cc3)ccc2=O)c1. The molecule has 0 N–H and O–H groups in total. The zero-order valence-corrected chi connectivity index (χ0v) is 13.8. The van der Waals surface area contributed by atoms with Crippen molar-refractivity contribution in [2.75, 3.05) is 0 Å². The third-order valence-electron chi connectivity index (χ3n) is 3.78. The Bertz CT molecular complexity index is 962. The summed E-state index contributed by atoms with van der Waals surface area (Å²) in [7, 11) is 0. The van der Waals surface area contributed by atoms with E-state index in [4.69, 9.17) is 0 Å². The van der Waals surface area contributed by atoms with E-state index in [1.54, 1.807) is 25.1 Å². The van der Waals surface area contributed by atoms with Crippen molar-refractivity contribution < 1.29 is 9.18 Å². The van der Waals surface area contributed by atoms with Crippen molar-refractivity contribution in [1.29, 1.82) is 0 Å². The Kier molecular flexibility index (Phi) is 4.84. The Labute approximate surface area is 144 Å². The molecule has 1 heterocycles. The summed E-state index contributed by atoms with van der Waals surface area (Å²) in [6, 6.07) is 16.6. The first kappa shape index (κ1) is 16.8. The lowest BCUT2D eigenvalue weighted by Gasteiger charge is -2.08. The molecule has 0 aliphatic heterocycles. The smallest absolute Gasteiger partial charge is 0.267 e. The van der Waals surface area contributed by atoms with Crippen LogP contribution in [0.5, 0.6) is 0 Å². The molecule has 126 valence electrons. The summed E-state index contributed by atoms with van der Waals surface area (Å²) in [5.41, 5.74) is 2.92. The van der Waals surface area contributed by atoms with Crippen molar-refractivity contribution in [3.05, 3.63) is 88.0 Å². The molecule has 0 radical (unpaired) electrons. The maximum absolute atomic E-state index is 13.1. The van der Waals surface area contributed by atoms with Gasteiger partial charge in [0, 0.05) is 18.1 Å². The minimum Gasteiger partial charge on any atom is -0.300 e. The Morgan fingerprint density at radius 2 is 1.76 bits per heavy atom. The molecule has 4 nitrogen and oxygen atoms in total. The predicted octanol–water partition coefficient (Wildman–Crippen LogP) is 3.23. The quantitative estimate of drug-likeness (QED) is 0.719. The van der Waals surface area contributed by atoms with E-state index < -0.39 is 0 Å². The van der Waals surface area contributed by atoms with Gasteiger partial charge in [-0.3, -0.25) is 9.59 Å². The topological polar surface area (TPSA) is 52.0 Å². The predicted molar refractivity (Wildman–Crippen MR) is 93.8 cm³/mol. The third kappa shape index (κ3) is 4.26. The Balaban J connectivity index is 1.90. The number of nitrogens with zero attached hydrogens (tertiary/aromatic N) is 2. The van der Waals surface area contributed by atoms with Crippen LogP contribution in [0.4, 0.5) is 4.39 Å². The lowest BCUT2D eigenvalue weighted by Crippen LogP contribution is -2.22. The molecule has 2 aromatic carbocycles. The highest BCUT2D eigenvalue weighted by Gasteiger charge is 2.06. The third-order valence-corrected chi connectivity index (χ3v) is 3.78.